The number of rotatable bonds is 9. The van der Waals surface area contributed by atoms with Gasteiger partial charge in [-0.1, -0.05) is 0 Å². The topological polar surface area (TPSA) is 105 Å². The zero-order chi connectivity index (χ0) is 22.1. The zero-order valence-electron chi connectivity index (χ0n) is 17.8. The van der Waals surface area contributed by atoms with E-state index >= 15 is 0 Å². The van der Waals surface area contributed by atoms with Gasteiger partial charge in [0.15, 0.2) is 6.61 Å². The molecule has 2 aliphatic rings. The lowest BCUT2D eigenvalue weighted by Gasteiger charge is -2.31. The number of nitrogens with one attached hydrogen (secondary N) is 1. The highest BCUT2D eigenvalue weighted by atomic mass is 16.6. The first-order chi connectivity index (χ1) is 15.1. The van der Waals surface area contributed by atoms with Crippen LogP contribution in [0.2, 0.25) is 0 Å². The summed E-state index contributed by atoms with van der Waals surface area (Å²) in [6.07, 6.45) is 1.18. The Labute approximate surface area is 181 Å². The monoisotopic (exact) mass is 436 g/mol. The van der Waals surface area contributed by atoms with Crippen LogP contribution in [0.3, 0.4) is 0 Å². The number of carbonyl (C=O) groups is 2. The Morgan fingerprint density at radius 2 is 1.77 bits per heavy atom. The number of nitrogens with zero attached hydrogens (tertiary/aromatic N) is 1. The molecule has 31 heavy (non-hydrogen) atoms. The van der Waals surface area contributed by atoms with Crippen molar-refractivity contribution in [1.82, 2.24) is 0 Å². The molecule has 0 saturated carbocycles. The maximum atomic E-state index is 12.4. The number of esters is 1. The highest BCUT2D eigenvalue weighted by Crippen LogP contribution is 2.39. The second kappa shape index (κ2) is 11.3. The van der Waals surface area contributed by atoms with E-state index in [1.165, 1.54) is 6.26 Å². The van der Waals surface area contributed by atoms with Gasteiger partial charge in [-0.05, 0) is 13.8 Å². The predicted octanol–water partition coefficient (Wildman–Crippen LogP) is 1.69. The molecule has 2 aliphatic heterocycles. The number of hydrogen-bond donors (Lipinski definition) is 1. The molecule has 1 amide bonds. The molecule has 1 N–H and O–H groups in total. The molecule has 0 bridgehead atoms. The number of ether oxygens (including phenoxy) is 6. The summed E-state index contributed by atoms with van der Waals surface area (Å²) in [6, 6.07) is 3.57. The molecule has 1 fully saturated rings. The minimum absolute atomic E-state index is 0.0671. The van der Waals surface area contributed by atoms with Crippen LogP contribution in [0.4, 0.5) is 11.4 Å². The number of carbonyl (C=O) groups excluding carboxylic acids is 2. The van der Waals surface area contributed by atoms with Crippen molar-refractivity contribution in [2.45, 2.75) is 13.8 Å². The molecule has 0 atom stereocenters. The van der Waals surface area contributed by atoms with Gasteiger partial charge >= 0.3 is 5.97 Å². The van der Waals surface area contributed by atoms with Crippen molar-refractivity contribution in [2.75, 3.05) is 69.6 Å². The molecular weight excluding hydrogens is 408 g/mol. The summed E-state index contributed by atoms with van der Waals surface area (Å²) in [7, 11) is 0. The van der Waals surface area contributed by atoms with Gasteiger partial charge in [-0.25, -0.2) is 4.79 Å². The lowest BCUT2D eigenvalue weighted by Crippen LogP contribution is -2.36. The van der Waals surface area contributed by atoms with Gasteiger partial charge in [-0.3, -0.25) is 4.79 Å². The van der Waals surface area contributed by atoms with E-state index in [9.17, 15) is 9.59 Å². The average molecular weight is 436 g/mol. The van der Waals surface area contributed by atoms with Crippen LogP contribution in [0.25, 0.3) is 0 Å². The third-order valence-corrected chi connectivity index (χ3v) is 4.47. The van der Waals surface area contributed by atoms with E-state index in [1.54, 1.807) is 6.07 Å². The zero-order valence-corrected chi connectivity index (χ0v) is 17.8. The van der Waals surface area contributed by atoms with Crippen molar-refractivity contribution in [2.24, 2.45) is 0 Å². The average Bonchev–Trinajstić information content (AvgIpc) is 2.80. The van der Waals surface area contributed by atoms with Gasteiger partial charge in [0.05, 0.1) is 37.8 Å². The van der Waals surface area contributed by atoms with Gasteiger partial charge in [0.25, 0.3) is 5.91 Å². The first-order valence-electron chi connectivity index (χ1n) is 10.3. The fourth-order valence-corrected chi connectivity index (χ4v) is 3.11. The number of morpholine rings is 1. The van der Waals surface area contributed by atoms with Crippen molar-refractivity contribution in [3.63, 3.8) is 0 Å². The van der Waals surface area contributed by atoms with E-state index < -0.39 is 18.5 Å². The summed E-state index contributed by atoms with van der Waals surface area (Å²) in [6.45, 7) is 7.48. The largest absolute Gasteiger partial charge is 0.493 e. The summed E-state index contributed by atoms with van der Waals surface area (Å²) in [4.78, 5) is 26.5. The fraction of sp³-hybridized carbons (Fsp3) is 0.524. The first kappa shape index (κ1) is 22.5. The third-order valence-electron chi connectivity index (χ3n) is 4.47. The first-order valence-corrected chi connectivity index (χ1v) is 10.3. The maximum absolute atomic E-state index is 12.4. The fourth-order valence-electron chi connectivity index (χ4n) is 3.11. The Hall–Kier alpha value is -3.14. The van der Waals surface area contributed by atoms with Crippen molar-refractivity contribution in [3.8, 4) is 11.5 Å². The second-order valence-corrected chi connectivity index (χ2v) is 6.61. The number of amides is 1. The summed E-state index contributed by atoms with van der Waals surface area (Å²) >= 11 is 0. The molecule has 0 spiro atoms. The standard InChI is InChI=1S/C21H28N2O8/c1-3-28-17-12-16(23-5-7-26-8-6-23)18(29-4-2)11-15(17)22-20(24)14-31-21(25)19-13-27-9-10-30-19/h11-13H,3-10,14H2,1-2H3,(H,22,24). The lowest BCUT2D eigenvalue weighted by molar-refractivity contribution is -0.148. The third kappa shape index (κ3) is 6.17. The minimum atomic E-state index is -0.766. The van der Waals surface area contributed by atoms with Crippen LogP contribution in [-0.4, -0.2) is 71.2 Å². The van der Waals surface area contributed by atoms with Crippen LogP contribution < -0.4 is 19.7 Å². The van der Waals surface area contributed by atoms with Gasteiger partial charge in [-0.2, -0.15) is 0 Å². The molecule has 2 heterocycles. The van der Waals surface area contributed by atoms with Crippen LogP contribution in [-0.2, 0) is 28.5 Å². The van der Waals surface area contributed by atoms with Gasteiger partial charge in [-0.15, -0.1) is 0 Å². The van der Waals surface area contributed by atoms with Gasteiger partial charge < -0.3 is 38.6 Å². The molecule has 0 aliphatic carbocycles. The second-order valence-electron chi connectivity index (χ2n) is 6.61. The molecule has 1 aromatic rings. The van der Waals surface area contributed by atoms with Crippen LogP contribution in [0.1, 0.15) is 13.8 Å². The van der Waals surface area contributed by atoms with E-state index in [4.69, 9.17) is 28.4 Å². The smallest absolute Gasteiger partial charge is 0.377 e. The Bertz CT molecular complexity index is 805. The Balaban J connectivity index is 1.72. The van der Waals surface area contributed by atoms with Crippen molar-refractivity contribution >= 4 is 23.3 Å². The quantitative estimate of drug-likeness (QED) is 0.579. The van der Waals surface area contributed by atoms with Crippen LogP contribution in [0.5, 0.6) is 11.5 Å². The van der Waals surface area contributed by atoms with Crippen LogP contribution in [0.15, 0.2) is 24.2 Å². The Morgan fingerprint density at radius 3 is 2.45 bits per heavy atom. The summed E-state index contributed by atoms with van der Waals surface area (Å²) in [5.74, 6) is -0.231. The van der Waals surface area contributed by atoms with Crippen molar-refractivity contribution < 1.29 is 38.0 Å². The lowest BCUT2D eigenvalue weighted by atomic mass is 10.2. The molecule has 0 unspecified atom stereocenters. The molecule has 0 radical (unpaired) electrons. The maximum Gasteiger partial charge on any atom is 0.377 e. The molecule has 10 heteroatoms. The van der Waals surface area contributed by atoms with Gasteiger partial charge in [0, 0.05) is 25.2 Å². The highest BCUT2D eigenvalue weighted by Gasteiger charge is 2.22. The van der Waals surface area contributed by atoms with Gasteiger partial charge in [0.1, 0.15) is 31.0 Å². The summed E-state index contributed by atoms with van der Waals surface area (Å²) in [5, 5.41) is 2.73. The Morgan fingerprint density at radius 1 is 1.03 bits per heavy atom. The van der Waals surface area contributed by atoms with Crippen LogP contribution in [0, 0.1) is 0 Å². The van der Waals surface area contributed by atoms with E-state index in [0.29, 0.717) is 50.2 Å². The van der Waals surface area contributed by atoms with Crippen molar-refractivity contribution in [1.29, 1.82) is 0 Å². The Kier molecular flexibility index (Phi) is 8.22. The number of anilines is 2. The molecule has 10 nitrogen and oxygen atoms in total. The predicted molar refractivity (Wildman–Crippen MR) is 111 cm³/mol. The normalized spacial score (nSPS) is 15.8. The van der Waals surface area contributed by atoms with E-state index in [0.717, 1.165) is 18.8 Å². The van der Waals surface area contributed by atoms with E-state index in [2.05, 4.69) is 10.2 Å². The SMILES string of the molecule is CCOc1cc(N2CCOCC2)c(OCC)cc1NC(=O)COC(=O)C1=COCCO1. The van der Waals surface area contributed by atoms with Gasteiger partial charge in [0.2, 0.25) is 5.76 Å². The molecule has 1 saturated heterocycles. The minimum Gasteiger partial charge on any atom is -0.493 e. The van der Waals surface area contributed by atoms with Crippen LogP contribution >= 0.6 is 0 Å². The number of hydrogen-bond acceptors (Lipinski definition) is 9. The number of benzene rings is 1. The summed E-state index contributed by atoms with van der Waals surface area (Å²) in [5.41, 5.74) is 1.30. The molecule has 170 valence electrons. The van der Waals surface area contributed by atoms with E-state index in [1.807, 2.05) is 19.9 Å². The van der Waals surface area contributed by atoms with E-state index in [-0.39, 0.29) is 12.4 Å². The molecule has 3 rings (SSSR count). The van der Waals surface area contributed by atoms with Crippen molar-refractivity contribution in [3.05, 3.63) is 24.2 Å². The molecule has 1 aromatic carbocycles. The molecular formula is C21H28N2O8. The summed E-state index contributed by atoms with van der Waals surface area (Å²) < 4.78 is 32.1. The molecule has 0 aromatic heterocycles. The highest BCUT2D eigenvalue weighted by molar-refractivity contribution is 5.96.